The zero-order valence-corrected chi connectivity index (χ0v) is 12.8. The maximum atomic E-state index is 6.17. The minimum absolute atomic E-state index is 0.378. The van der Waals surface area contributed by atoms with E-state index in [0.29, 0.717) is 18.1 Å². The third-order valence-corrected chi connectivity index (χ3v) is 4.56. The van der Waals surface area contributed by atoms with E-state index in [1.54, 1.807) is 11.3 Å². The van der Waals surface area contributed by atoms with Crippen LogP contribution >= 0.6 is 11.3 Å². The normalized spacial score (nSPS) is 12.9. The van der Waals surface area contributed by atoms with E-state index in [1.165, 1.54) is 0 Å². The fraction of sp³-hybridized carbons (Fsp3) is 0.615. The van der Waals surface area contributed by atoms with Crippen molar-refractivity contribution in [3.05, 3.63) is 27.8 Å². The van der Waals surface area contributed by atoms with E-state index in [1.807, 2.05) is 40.0 Å². The molecule has 0 spiro atoms. The number of thiazole rings is 1. The minimum atomic E-state index is -0.436. The Morgan fingerprint density at radius 2 is 1.95 bits per heavy atom. The third kappa shape index (κ3) is 2.84. The zero-order chi connectivity index (χ0) is 14.3. The van der Waals surface area contributed by atoms with Crippen molar-refractivity contribution in [2.24, 2.45) is 5.73 Å². The Labute approximate surface area is 117 Å². The molecule has 0 atom stereocenters. The van der Waals surface area contributed by atoms with Crippen LogP contribution in [-0.4, -0.2) is 20.7 Å². The van der Waals surface area contributed by atoms with Gasteiger partial charge in [-0.15, -0.1) is 11.3 Å². The predicted octanol–water partition coefficient (Wildman–Crippen LogP) is 2.44. The average Bonchev–Trinajstić information content (AvgIpc) is 2.87. The summed E-state index contributed by atoms with van der Waals surface area (Å²) in [7, 11) is 0. The van der Waals surface area contributed by atoms with Gasteiger partial charge in [0.1, 0.15) is 5.01 Å². The molecule has 0 aliphatic rings. The lowest BCUT2D eigenvalue weighted by Crippen LogP contribution is -2.50. The second-order valence-electron chi connectivity index (χ2n) is 5.92. The molecule has 2 aromatic rings. The zero-order valence-electron chi connectivity index (χ0n) is 12.0. The van der Waals surface area contributed by atoms with Crippen molar-refractivity contribution in [2.45, 2.75) is 52.0 Å². The SMILES string of the molecule is Cc1csc(Cc2noc(C(C)(C)C(C)(C)N)n2)n1. The number of hydrogen-bond donors (Lipinski definition) is 1. The maximum Gasteiger partial charge on any atom is 0.234 e. The summed E-state index contributed by atoms with van der Waals surface area (Å²) >= 11 is 1.61. The summed E-state index contributed by atoms with van der Waals surface area (Å²) < 4.78 is 5.37. The number of rotatable bonds is 4. The quantitative estimate of drug-likeness (QED) is 0.930. The van der Waals surface area contributed by atoms with Crippen molar-refractivity contribution >= 4 is 11.3 Å². The summed E-state index contributed by atoms with van der Waals surface area (Å²) in [6.07, 6.45) is 0.600. The topological polar surface area (TPSA) is 77.8 Å². The lowest BCUT2D eigenvalue weighted by molar-refractivity contribution is 0.222. The summed E-state index contributed by atoms with van der Waals surface area (Å²) in [4.78, 5) is 8.86. The molecule has 6 heteroatoms. The van der Waals surface area contributed by atoms with Gasteiger partial charge in [0, 0.05) is 16.6 Å². The van der Waals surface area contributed by atoms with E-state index in [-0.39, 0.29) is 5.41 Å². The molecule has 2 rings (SSSR count). The van der Waals surface area contributed by atoms with Gasteiger partial charge >= 0.3 is 0 Å². The van der Waals surface area contributed by atoms with Crippen LogP contribution < -0.4 is 5.73 Å². The standard InChI is InChI=1S/C13H20N4OS/c1-8-7-19-10(15-8)6-9-16-11(18-17-9)12(2,3)13(4,5)14/h7H,6,14H2,1-5H3. The molecule has 5 nitrogen and oxygen atoms in total. The third-order valence-electron chi connectivity index (χ3n) is 3.59. The van der Waals surface area contributed by atoms with E-state index in [4.69, 9.17) is 10.3 Å². The van der Waals surface area contributed by atoms with Crippen molar-refractivity contribution in [3.8, 4) is 0 Å². The molecule has 0 aliphatic carbocycles. The Balaban J connectivity index is 2.20. The molecule has 0 aliphatic heterocycles. The van der Waals surface area contributed by atoms with Crippen LogP contribution in [0.4, 0.5) is 0 Å². The van der Waals surface area contributed by atoms with Crippen molar-refractivity contribution in [3.63, 3.8) is 0 Å². The van der Waals surface area contributed by atoms with Gasteiger partial charge in [0.2, 0.25) is 5.89 Å². The lowest BCUT2D eigenvalue weighted by atomic mass is 9.75. The molecule has 0 saturated heterocycles. The molecule has 2 heterocycles. The maximum absolute atomic E-state index is 6.17. The highest BCUT2D eigenvalue weighted by atomic mass is 32.1. The van der Waals surface area contributed by atoms with Crippen molar-refractivity contribution in [2.75, 3.05) is 0 Å². The number of aryl methyl sites for hydroxylation is 1. The number of aromatic nitrogens is 3. The molecular weight excluding hydrogens is 260 g/mol. The second-order valence-corrected chi connectivity index (χ2v) is 6.86. The predicted molar refractivity (Wildman–Crippen MR) is 75.2 cm³/mol. The molecule has 0 aromatic carbocycles. The van der Waals surface area contributed by atoms with E-state index in [2.05, 4.69) is 15.1 Å². The number of hydrogen-bond acceptors (Lipinski definition) is 6. The van der Waals surface area contributed by atoms with Crippen molar-refractivity contribution in [1.29, 1.82) is 0 Å². The lowest BCUT2D eigenvalue weighted by Gasteiger charge is -2.34. The molecule has 0 amide bonds. The van der Waals surface area contributed by atoms with Gasteiger partial charge in [0.05, 0.1) is 11.8 Å². The summed E-state index contributed by atoms with van der Waals surface area (Å²) in [5.74, 6) is 1.23. The highest BCUT2D eigenvalue weighted by Gasteiger charge is 2.40. The molecular formula is C13H20N4OS. The van der Waals surface area contributed by atoms with E-state index in [9.17, 15) is 0 Å². The van der Waals surface area contributed by atoms with Crippen LogP contribution in [0.25, 0.3) is 0 Å². The van der Waals surface area contributed by atoms with Gasteiger partial charge in [0.15, 0.2) is 5.82 Å². The van der Waals surface area contributed by atoms with Crippen molar-refractivity contribution in [1.82, 2.24) is 15.1 Å². The molecule has 19 heavy (non-hydrogen) atoms. The van der Waals surface area contributed by atoms with Gasteiger partial charge in [-0.3, -0.25) is 0 Å². The van der Waals surface area contributed by atoms with Gasteiger partial charge < -0.3 is 10.3 Å². The molecule has 2 N–H and O–H groups in total. The summed E-state index contributed by atoms with van der Waals surface area (Å²) in [6, 6.07) is 0. The van der Waals surface area contributed by atoms with Gasteiger partial charge in [-0.05, 0) is 34.6 Å². The van der Waals surface area contributed by atoms with Crippen LogP contribution in [0.1, 0.15) is 50.1 Å². The number of nitrogens with zero attached hydrogens (tertiary/aromatic N) is 3. The minimum Gasteiger partial charge on any atom is -0.339 e. The Morgan fingerprint density at radius 3 is 2.47 bits per heavy atom. The molecule has 0 radical (unpaired) electrons. The summed E-state index contributed by atoms with van der Waals surface area (Å²) in [6.45, 7) is 9.92. The fourth-order valence-electron chi connectivity index (χ4n) is 1.47. The van der Waals surface area contributed by atoms with Gasteiger partial charge in [-0.25, -0.2) is 4.98 Å². The van der Waals surface area contributed by atoms with E-state index < -0.39 is 5.54 Å². The van der Waals surface area contributed by atoms with Crippen LogP contribution in [0.5, 0.6) is 0 Å². The highest BCUT2D eigenvalue weighted by Crippen LogP contribution is 2.31. The van der Waals surface area contributed by atoms with Gasteiger partial charge in [-0.2, -0.15) is 4.98 Å². The summed E-state index contributed by atoms with van der Waals surface area (Å²) in [5.41, 5.74) is 6.38. The molecule has 0 fully saturated rings. The molecule has 0 unspecified atom stereocenters. The highest BCUT2D eigenvalue weighted by molar-refractivity contribution is 7.09. The van der Waals surface area contributed by atoms with Crippen LogP contribution in [0, 0.1) is 6.92 Å². The Bertz CT molecular complexity index is 565. The van der Waals surface area contributed by atoms with Crippen molar-refractivity contribution < 1.29 is 4.52 Å². The molecule has 2 aromatic heterocycles. The Hall–Kier alpha value is -1.27. The molecule has 0 bridgehead atoms. The first-order chi connectivity index (χ1) is 8.70. The Morgan fingerprint density at radius 1 is 1.26 bits per heavy atom. The molecule has 0 saturated carbocycles. The molecule has 104 valence electrons. The first-order valence-corrected chi connectivity index (χ1v) is 7.11. The van der Waals surface area contributed by atoms with Crippen LogP contribution in [0.15, 0.2) is 9.90 Å². The average molecular weight is 280 g/mol. The van der Waals surface area contributed by atoms with Gasteiger partial charge in [-0.1, -0.05) is 5.16 Å². The van der Waals surface area contributed by atoms with Gasteiger partial charge in [0.25, 0.3) is 0 Å². The monoisotopic (exact) mass is 280 g/mol. The first-order valence-electron chi connectivity index (χ1n) is 6.23. The van der Waals surface area contributed by atoms with Crippen LogP contribution in [0.2, 0.25) is 0 Å². The Kier molecular flexibility index (Phi) is 3.49. The van der Waals surface area contributed by atoms with Crippen LogP contribution in [0.3, 0.4) is 0 Å². The van der Waals surface area contributed by atoms with E-state index in [0.717, 1.165) is 10.7 Å². The first kappa shape index (κ1) is 14.1. The largest absolute Gasteiger partial charge is 0.339 e. The fourth-order valence-corrected chi connectivity index (χ4v) is 2.24. The van der Waals surface area contributed by atoms with E-state index >= 15 is 0 Å². The van der Waals surface area contributed by atoms with Crippen LogP contribution in [-0.2, 0) is 11.8 Å². The smallest absolute Gasteiger partial charge is 0.234 e. The number of nitrogens with two attached hydrogens (primary N) is 1. The summed E-state index contributed by atoms with van der Waals surface area (Å²) in [5, 5.41) is 7.04. The second kappa shape index (κ2) is 4.68.